The normalized spacial score (nSPS) is 14.2. The summed E-state index contributed by atoms with van der Waals surface area (Å²) in [5, 5.41) is 16.7. The van der Waals surface area contributed by atoms with E-state index in [9.17, 15) is 9.90 Å². The number of hydrogen-bond donors (Lipinski definition) is 3. The summed E-state index contributed by atoms with van der Waals surface area (Å²) in [5.74, 6) is 0.434. The van der Waals surface area contributed by atoms with Crippen molar-refractivity contribution in [3.63, 3.8) is 0 Å². The number of rotatable bonds is 4. The molecule has 0 fully saturated rings. The molecule has 1 atom stereocenters. The minimum Gasteiger partial charge on any atom is -0.458 e. The van der Waals surface area contributed by atoms with Crippen molar-refractivity contribution in [2.45, 2.75) is 32.4 Å². The molecule has 1 unspecified atom stereocenters. The number of benzene rings is 1. The SMILES string of the molecule is CC(C)NC(=O)NCC(C)(O)c1cc2ccccc2o1. The summed E-state index contributed by atoms with van der Waals surface area (Å²) in [4.78, 5) is 11.5. The highest BCUT2D eigenvalue weighted by molar-refractivity contribution is 5.78. The van der Waals surface area contributed by atoms with Crippen molar-refractivity contribution >= 4 is 17.0 Å². The summed E-state index contributed by atoms with van der Waals surface area (Å²) < 4.78 is 5.62. The van der Waals surface area contributed by atoms with Crippen LogP contribution in [0.25, 0.3) is 11.0 Å². The molecule has 20 heavy (non-hydrogen) atoms. The molecule has 1 heterocycles. The quantitative estimate of drug-likeness (QED) is 0.802. The second-order valence-electron chi connectivity index (χ2n) is 5.40. The van der Waals surface area contributed by atoms with Crippen LogP contribution in [0, 0.1) is 0 Å². The van der Waals surface area contributed by atoms with Gasteiger partial charge in [-0.1, -0.05) is 18.2 Å². The van der Waals surface area contributed by atoms with Gasteiger partial charge in [0.2, 0.25) is 0 Å². The number of aliphatic hydroxyl groups is 1. The third-order valence-electron chi connectivity index (χ3n) is 2.97. The zero-order valence-corrected chi connectivity index (χ0v) is 11.9. The lowest BCUT2D eigenvalue weighted by atomic mass is 10.0. The number of carbonyl (C=O) groups excluding carboxylic acids is 1. The van der Waals surface area contributed by atoms with E-state index in [1.54, 1.807) is 13.0 Å². The van der Waals surface area contributed by atoms with Gasteiger partial charge in [0.1, 0.15) is 16.9 Å². The first-order chi connectivity index (χ1) is 9.38. The standard InChI is InChI=1S/C15H20N2O3/c1-10(2)17-14(18)16-9-15(3,19)13-8-11-6-4-5-7-12(11)20-13/h4-8,10,19H,9H2,1-3H3,(H2,16,17,18). The fourth-order valence-electron chi connectivity index (χ4n) is 1.90. The Hall–Kier alpha value is -2.01. The van der Waals surface area contributed by atoms with Gasteiger partial charge in [0.15, 0.2) is 0 Å². The highest BCUT2D eigenvalue weighted by Gasteiger charge is 2.28. The van der Waals surface area contributed by atoms with Gasteiger partial charge in [-0.05, 0) is 32.9 Å². The van der Waals surface area contributed by atoms with E-state index in [1.165, 1.54) is 0 Å². The third-order valence-corrected chi connectivity index (χ3v) is 2.97. The highest BCUT2D eigenvalue weighted by Crippen LogP contribution is 2.27. The second kappa shape index (κ2) is 5.54. The van der Waals surface area contributed by atoms with Crippen LogP contribution in [-0.2, 0) is 5.60 Å². The number of nitrogens with one attached hydrogen (secondary N) is 2. The molecule has 2 aromatic rings. The lowest BCUT2D eigenvalue weighted by Gasteiger charge is -2.21. The van der Waals surface area contributed by atoms with E-state index in [-0.39, 0.29) is 18.6 Å². The highest BCUT2D eigenvalue weighted by atomic mass is 16.4. The Morgan fingerprint density at radius 2 is 2.10 bits per heavy atom. The molecule has 0 aliphatic rings. The molecule has 2 rings (SSSR count). The first kappa shape index (κ1) is 14.4. The van der Waals surface area contributed by atoms with E-state index < -0.39 is 5.60 Å². The maximum atomic E-state index is 11.5. The lowest BCUT2D eigenvalue weighted by molar-refractivity contribution is 0.0382. The molecule has 108 valence electrons. The topological polar surface area (TPSA) is 74.5 Å². The van der Waals surface area contributed by atoms with Gasteiger partial charge in [0.25, 0.3) is 0 Å². The van der Waals surface area contributed by atoms with E-state index in [4.69, 9.17) is 4.42 Å². The van der Waals surface area contributed by atoms with Gasteiger partial charge in [-0.15, -0.1) is 0 Å². The van der Waals surface area contributed by atoms with Gasteiger partial charge >= 0.3 is 6.03 Å². The van der Waals surface area contributed by atoms with Gasteiger partial charge in [-0.3, -0.25) is 0 Å². The zero-order chi connectivity index (χ0) is 14.8. The first-order valence-electron chi connectivity index (χ1n) is 6.64. The number of fused-ring (bicyclic) bond motifs is 1. The van der Waals surface area contributed by atoms with E-state index in [1.807, 2.05) is 38.1 Å². The molecule has 0 bridgehead atoms. The molecule has 0 spiro atoms. The van der Waals surface area contributed by atoms with Gasteiger partial charge < -0.3 is 20.2 Å². The average Bonchev–Trinajstić information content (AvgIpc) is 2.80. The van der Waals surface area contributed by atoms with Crippen LogP contribution in [0.15, 0.2) is 34.7 Å². The predicted molar refractivity (Wildman–Crippen MR) is 77.5 cm³/mol. The van der Waals surface area contributed by atoms with Gasteiger partial charge in [-0.25, -0.2) is 4.79 Å². The van der Waals surface area contributed by atoms with E-state index in [0.717, 1.165) is 11.0 Å². The fraction of sp³-hybridized carbons (Fsp3) is 0.400. The molecule has 5 nitrogen and oxygen atoms in total. The maximum Gasteiger partial charge on any atom is 0.315 e. The van der Waals surface area contributed by atoms with Crippen LogP contribution in [0.4, 0.5) is 4.79 Å². The second-order valence-corrected chi connectivity index (χ2v) is 5.40. The summed E-state index contributed by atoms with van der Waals surface area (Å²) >= 11 is 0. The summed E-state index contributed by atoms with van der Waals surface area (Å²) in [7, 11) is 0. The molecular formula is C15H20N2O3. The van der Waals surface area contributed by atoms with Crippen LogP contribution in [0.3, 0.4) is 0 Å². The summed E-state index contributed by atoms with van der Waals surface area (Å²) in [6.07, 6.45) is 0. The summed E-state index contributed by atoms with van der Waals surface area (Å²) in [6, 6.07) is 9.06. The molecule has 3 N–H and O–H groups in total. The Bertz CT molecular complexity index is 569. The maximum absolute atomic E-state index is 11.5. The first-order valence-corrected chi connectivity index (χ1v) is 6.64. The van der Waals surface area contributed by atoms with Crippen molar-refractivity contribution in [2.75, 3.05) is 6.54 Å². The Morgan fingerprint density at radius 3 is 2.75 bits per heavy atom. The smallest absolute Gasteiger partial charge is 0.315 e. The molecule has 5 heteroatoms. The number of furan rings is 1. The molecule has 0 aliphatic carbocycles. The minimum absolute atomic E-state index is 0.0474. The Kier molecular flexibility index (Phi) is 3.99. The third kappa shape index (κ3) is 3.30. The largest absolute Gasteiger partial charge is 0.458 e. The molecule has 2 amide bonds. The summed E-state index contributed by atoms with van der Waals surface area (Å²) in [5.41, 5.74) is -0.540. The van der Waals surface area contributed by atoms with Gasteiger partial charge in [0, 0.05) is 11.4 Å². The molecule has 0 aliphatic heterocycles. The Morgan fingerprint density at radius 1 is 1.40 bits per heavy atom. The van der Waals surface area contributed by atoms with E-state index in [0.29, 0.717) is 5.76 Å². The number of carbonyl (C=O) groups is 1. The van der Waals surface area contributed by atoms with Crippen molar-refractivity contribution < 1.29 is 14.3 Å². The molecule has 0 radical (unpaired) electrons. The summed E-state index contributed by atoms with van der Waals surface area (Å²) in [6.45, 7) is 5.43. The molecular weight excluding hydrogens is 256 g/mol. The van der Waals surface area contributed by atoms with E-state index >= 15 is 0 Å². The predicted octanol–water partition coefficient (Wildman–Crippen LogP) is 2.35. The monoisotopic (exact) mass is 276 g/mol. The number of hydrogen-bond acceptors (Lipinski definition) is 3. The molecule has 1 aromatic heterocycles. The molecule has 0 saturated carbocycles. The zero-order valence-electron chi connectivity index (χ0n) is 11.9. The van der Waals surface area contributed by atoms with Gasteiger partial charge in [0.05, 0.1) is 6.54 Å². The fourth-order valence-corrected chi connectivity index (χ4v) is 1.90. The van der Waals surface area contributed by atoms with Gasteiger partial charge in [-0.2, -0.15) is 0 Å². The van der Waals surface area contributed by atoms with Crippen LogP contribution in [0.5, 0.6) is 0 Å². The Labute approximate surface area is 118 Å². The Balaban J connectivity index is 2.07. The molecule has 1 aromatic carbocycles. The van der Waals surface area contributed by atoms with Crippen molar-refractivity contribution in [1.82, 2.24) is 10.6 Å². The number of para-hydroxylation sites is 1. The van der Waals surface area contributed by atoms with Crippen molar-refractivity contribution in [3.8, 4) is 0 Å². The average molecular weight is 276 g/mol. The van der Waals surface area contributed by atoms with Crippen molar-refractivity contribution in [2.24, 2.45) is 0 Å². The van der Waals surface area contributed by atoms with Crippen molar-refractivity contribution in [3.05, 3.63) is 36.1 Å². The minimum atomic E-state index is -1.26. The van der Waals surface area contributed by atoms with Crippen LogP contribution in [0.2, 0.25) is 0 Å². The van der Waals surface area contributed by atoms with Crippen LogP contribution >= 0.6 is 0 Å². The van der Waals surface area contributed by atoms with Crippen LogP contribution in [-0.4, -0.2) is 23.7 Å². The molecule has 0 saturated heterocycles. The van der Waals surface area contributed by atoms with Crippen LogP contribution < -0.4 is 10.6 Å². The number of amides is 2. The number of urea groups is 1. The van der Waals surface area contributed by atoms with Crippen molar-refractivity contribution in [1.29, 1.82) is 0 Å². The lowest BCUT2D eigenvalue weighted by Crippen LogP contribution is -2.45. The van der Waals surface area contributed by atoms with Crippen LogP contribution in [0.1, 0.15) is 26.5 Å². The van der Waals surface area contributed by atoms with E-state index in [2.05, 4.69) is 10.6 Å².